The zero-order valence-corrected chi connectivity index (χ0v) is 20.9. The molecule has 0 saturated carbocycles. The molecule has 0 atom stereocenters. The molecule has 32 heavy (non-hydrogen) atoms. The van der Waals surface area contributed by atoms with Gasteiger partial charge >= 0.3 is 0 Å². The zero-order valence-electron chi connectivity index (χ0n) is 18.5. The quantitative estimate of drug-likeness (QED) is 0.277. The smallest absolute Gasteiger partial charge is 0.234 e. The molecule has 0 saturated heterocycles. The van der Waals surface area contributed by atoms with Gasteiger partial charge in [0.25, 0.3) is 0 Å². The Bertz CT molecular complexity index is 1100. The van der Waals surface area contributed by atoms with E-state index in [1.807, 2.05) is 42.7 Å². The van der Waals surface area contributed by atoms with Gasteiger partial charge in [-0.15, -0.1) is 16.8 Å². The van der Waals surface area contributed by atoms with Crippen molar-refractivity contribution in [1.29, 1.82) is 0 Å². The maximum atomic E-state index is 12.5. The summed E-state index contributed by atoms with van der Waals surface area (Å²) in [6.07, 6.45) is 2.77. The van der Waals surface area contributed by atoms with E-state index in [-0.39, 0.29) is 18.3 Å². The standard InChI is InChI=1S/C24H27BrN4O2S/c1-5-11-29-22(14-31-19-9-7-18(6-2)8-10-19)27-28-24(29)32-15-23(30)26-21-13-17(4)16(3)12-20(21)25/h5,7-10,12-13H,1,6,11,14-15H2,2-4H3,(H,26,30). The maximum Gasteiger partial charge on any atom is 0.234 e. The minimum atomic E-state index is -0.110. The lowest BCUT2D eigenvalue weighted by Gasteiger charge is -2.11. The Labute approximate surface area is 201 Å². The summed E-state index contributed by atoms with van der Waals surface area (Å²) in [4.78, 5) is 12.5. The van der Waals surface area contributed by atoms with Crippen molar-refractivity contribution in [1.82, 2.24) is 14.8 Å². The second-order valence-corrected chi connectivity index (χ2v) is 9.13. The number of anilines is 1. The molecule has 168 valence electrons. The number of benzene rings is 2. The van der Waals surface area contributed by atoms with Gasteiger partial charge in [-0.2, -0.15) is 0 Å². The predicted molar refractivity (Wildman–Crippen MR) is 133 cm³/mol. The Kier molecular flexibility index (Phi) is 8.53. The van der Waals surface area contributed by atoms with Crippen LogP contribution in [0.25, 0.3) is 0 Å². The normalized spacial score (nSPS) is 10.8. The number of aromatic nitrogens is 3. The van der Waals surface area contributed by atoms with E-state index in [9.17, 15) is 4.79 Å². The van der Waals surface area contributed by atoms with Crippen LogP contribution in [0.2, 0.25) is 0 Å². The Morgan fingerprint density at radius 3 is 2.62 bits per heavy atom. The molecule has 0 aliphatic carbocycles. The molecular formula is C24H27BrN4O2S. The number of rotatable bonds is 10. The topological polar surface area (TPSA) is 69.0 Å². The fourth-order valence-electron chi connectivity index (χ4n) is 3.01. The molecule has 0 unspecified atom stereocenters. The van der Waals surface area contributed by atoms with E-state index < -0.39 is 0 Å². The van der Waals surface area contributed by atoms with Gasteiger partial charge in [-0.1, -0.05) is 36.9 Å². The average Bonchev–Trinajstić information content (AvgIpc) is 3.16. The molecule has 0 aliphatic rings. The number of carbonyl (C=O) groups is 1. The molecule has 3 aromatic rings. The molecule has 1 amide bonds. The van der Waals surface area contributed by atoms with Crippen molar-refractivity contribution in [3.8, 4) is 5.75 Å². The van der Waals surface area contributed by atoms with Gasteiger partial charge in [0.05, 0.1) is 11.4 Å². The fraction of sp³-hybridized carbons (Fsp3) is 0.292. The first kappa shape index (κ1) is 24.1. The number of allylic oxidation sites excluding steroid dienone is 1. The monoisotopic (exact) mass is 514 g/mol. The molecule has 0 radical (unpaired) electrons. The molecule has 0 aliphatic heterocycles. The third kappa shape index (κ3) is 6.23. The first-order valence-electron chi connectivity index (χ1n) is 10.3. The lowest BCUT2D eigenvalue weighted by atomic mass is 10.1. The van der Waals surface area contributed by atoms with E-state index in [0.717, 1.165) is 33.5 Å². The number of thioether (sulfide) groups is 1. The Morgan fingerprint density at radius 2 is 1.94 bits per heavy atom. The molecule has 3 rings (SSSR count). The van der Waals surface area contributed by atoms with Gasteiger partial charge in [0.1, 0.15) is 12.4 Å². The highest BCUT2D eigenvalue weighted by atomic mass is 79.9. The highest BCUT2D eigenvalue weighted by Crippen LogP contribution is 2.27. The van der Waals surface area contributed by atoms with Crippen LogP contribution in [0.5, 0.6) is 5.75 Å². The van der Waals surface area contributed by atoms with E-state index in [4.69, 9.17) is 4.74 Å². The summed E-state index contributed by atoms with van der Waals surface area (Å²) in [7, 11) is 0. The molecule has 2 aromatic carbocycles. The van der Waals surface area contributed by atoms with Crippen LogP contribution in [-0.4, -0.2) is 26.4 Å². The van der Waals surface area contributed by atoms with Crippen molar-refractivity contribution in [2.24, 2.45) is 0 Å². The number of hydrogen-bond donors (Lipinski definition) is 1. The van der Waals surface area contributed by atoms with E-state index >= 15 is 0 Å². The van der Waals surface area contributed by atoms with Crippen LogP contribution in [0.3, 0.4) is 0 Å². The Hall–Kier alpha value is -2.58. The Balaban J connectivity index is 1.62. The van der Waals surface area contributed by atoms with Gasteiger partial charge in [-0.25, -0.2) is 0 Å². The Morgan fingerprint density at radius 1 is 1.22 bits per heavy atom. The van der Waals surface area contributed by atoms with Crippen molar-refractivity contribution in [3.63, 3.8) is 0 Å². The predicted octanol–water partition coefficient (Wildman–Crippen LogP) is 5.72. The number of nitrogens with one attached hydrogen (secondary N) is 1. The van der Waals surface area contributed by atoms with Gasteiger partial charge in [0.15, 0.2) is 11.0 Å². The van der Waals surface area contributed by atoms with Gasteiger partial charge in [-0.05, 0) is 77.2 Å². The van der Waals surface area contributed by atoms with Crippen LogP contribution in [0.15, 0.2) is 58.7 Å². The molecule has 8 heteroatoms. The van der Waals surface area contributed by atoms with Crippen molar-refractivity contribution >= 4 is 39.3 Å². The second-order valence-electron chi connectivity index (χ2n) is 7.34. The number of hydrogen-bond acceptors (Lipinski definition) is 5. The summed E-state index contributed by atoms with van der Waals surface area (Å²) in [5.74, 6) is 1.57. The van der Waals surface area contributed by atoms with Gasteiger partial charge in [0, 0.05) is 11.0 Å². The zero-order chi connectivity index (χ0) is 23.1. The van der Waals surface area contributed by atoms with Crippen LogP contribution >= 0.6 is 27.7 Å². The molecule has 6 nitrogen and oxygen atoms in total. The van der Waals surface area contributed by atoms with E-state index in [1.165, 1.54) is 17.3 Å². The molecule has 1 heterocycles. The highest BCUT2D eigenvalue weighted by Gasteiger charge is 2.15. The highest BCUT2D eigenvalue weighted by molar-refractivity contribution is 9.10. The summed E-state index contributed by atoms with van der Waals surface area (Å²) in [6.45, 7) is 10.8. The summed E-state index contributed by atoms with van der Waals surface area (Å²) >= 11 is 4.85. The van der Waals surface area contributed by atoms with Crippen LogP contribution in [0.4, 0.5) is 5.69 Å². The van der Waals surface area contributed by atoms with Crippen molar-refractivity contribution in [2.45, 2.75) is 45.5 Å². The van der Waals surface area contributed by atoms with E-state index in [0.29, 0.717) is 17.5 Å². The number of halogens is 1. The second kappa shape index (κ2) is 11.3. The number of ether oxygens (including phenoxy) is 1. The third-order valence-electron chi connectivity index (χ3n) is 4.99. The van der Waals surface area contributed by atoms with Crippen molar-refractivity contribution in [2.75, 3.05) is 11.1 Å². The molecule has 0 fully saturated rings. The number of nitrogens with zero attached hydrogens (tertiary/aromatic N) is 3. The number of carbonyl (C=O) groups excluding carboxylic acids is 1. The third-order valence-corrected chi connectivity index (χ3v) is 6.62. The molecule has 0 bridgehead atoms. The lowest BCUT2D eigenvalue weighted by molar-refractivity contribution is -0.113. The van der Waals surface area contributed by atoms with Gasteiger partial charge in [-0.3, -0.25) is 9.36 Å². The minimum absolute atomic E-state index is 0.110. The SMILES string of the molecule is C=CCn1c(COc2ccc(CC)cc2)nnc1SCC(=O)Nc1cc(C)c(C)cc1Br. The van der Waals surface area contributed by atoms with E-state index in [1.54, 1.807) is 6.08 Å². The van der Waals surface area contributed by atoms with Crippen LogP contribution < -0.4 is 10.1 Å². The average molecular weight is 515 g/mol. The van der Waals surface area contributed by atoms with Crippen molar-refractivity contribution in [3.05, 3.63) is 76.0 Å². The molecule has 1 aromatic heterocycles. The number of aryl methyl sites for hydroxylation is 3. The maximum absolute atomic E-state index is 12.5. The summed E-state index contributed by atoms with van der Waals surface area (Å²) in [6, 6.07) is 12.0. The van der Waals surface area contributed by atoms with Crippen LogP contribution in [-0.2, 0) is 24.4 Å². The first-order valence-corrected chi connectivity index (χ1v) is 12.1. The summed E-state index contributed by atoms with van der Waals surface area (Å²) in [5, 5.41) is 12.1. The first-order chi connectivity index (χ1) is 15.4. The summed E-state index contributed by atoms with van der Waals surface area (Å²) in [5.41, 5.74) is 4.31. The largest absolute Gasteiger partial charge is 0.486 e. The van der Waals surface area contributed by atoms with Gasteiger partial charge < -0.3 is 10.1 Å². The number of amides is 1. The molecular weight excluding hydrogens is 488 g/mol. The molecule has 0 spiro atoms. The summed E-state index contributed by atoms with van der Waals surface area (Å²) < 4.78 is 8.65. The van der Waals surface area contributed by atoms with E-state index in [2.05, 4.69) is 57.1 Å². The van der Waals surface area contributed by atoms with Crippen molar-refractivity contribution < 1.29 is 9.53 Å². The van der Waals surface area contributed by atoms with Gasteiger partial charge in [0.2, 0.25) is 5.91 Å². The van der Waals surface area contributed by atoms with Crippen LogP contribution in [0.1, 0.15) is 29.4 Å². The van der Waals surface area contributed by atoms with Crippen LogP contribution in [0, 0.1) is 13.8 Å². The molecule has 1 N–H and O–H groups in total. The fourth-order valence-corrected chi connectivity index (χ4v) is 4.33. The lowest BCUT2D eigenvalue weighted by Crippen LogP contribution is -2.15. The minimum Gasteiger partial charge on any atom is -0.486 e.